The summed E-state index contributed by atoms with van der Waals surface area (Å²) in [5.41, 5.74) is 7.90. The zero-order valence-electron chi connectivity index (χ0n) is 15.2. The fourth-order valence-corrected chi connectivity index (χ4v) is 4.11. The average molecular weight is 418 g/mol. The zero-order valence-corrected chi connectivity index (χ0v) is 16.7. The first kappa shape index (κ1) is 18.9. The lowest BCUT2D eigenvalue weighted by atomic mass is 10.1. The van der Waals surface area contributed by atoms with Crippen LogP contribution >= 0.6 is 22.9 Å². The number of halogens is 1. The first-order valence-corrected chi connectivity index (χ1v) is 10.2. The van der Waals surface area contributed by atoms with E-state index in [-0.39, 0.29) is 12.5 Å². The van der Waals surface area contributed by atoms with Gasteiger partial charge in [0.2, 0.25) is 0 Å². The van der Waals surface area contributed by atoms with Gasteiger partial charge in [0.1, 0.15) is 12.1 Å². The van der Waals surface area contributed by atoms with Crippen LogP contribution in [-0.2, 0) is 11.3 Å². The van der Waals surface area contributed by atoms with Crippen molar-refractivity contribution in [3.05, 3.63) is 46.6 Å². The number of piperazine rings is 1. The molecule has 2 N–H and O–H groups in total. The number of nitrogen functional groups attached to an aromatic ring is 1. The van der Waals surface area contributed by atoms with Crippen LogP contribution in [0.3, 0.4) is 0 Å². The Bertz CT molecular complexity index is 987. The molecule has 2 aromatic heterocycles. The molecular formula is C19H20ClN5O2S. The van der Waals surface area contributed by atoms with Crippen molar-refractivity contribution in [2.45, 2.75) is 6.54 Å². The van der Waals surface area contributed by atoms with Gasteiger partial charge in [-0.05, 0) is 29.8 Å². The number of hydrogen-bond donors (Lipinski definition) is 1. The fraction of sp³-hybridized carbons (Fsp3) is 0.316. The Morgan fingerprint density at radius 3 is 2.75 bits per heavy atom. The lowest BCUT2D eigenvalue weighted by Crippen LogP contribution is -2.49. The highest BCUT2D eigenvalue weighted by molar-refractivity contribution is 7.17. The first-order valence-electron chi connectivity index (χ1n) is 8.96. The van der Waals surface area contributed by atoms with Gasteiger partial charge in [-0.15, -0.1) is 0 Å². The van der Waals surface area contributed by atoms with Crippen LogP contribution in [0.5, 0.6) is 5.06 Å². The maximum Gasteiger partial charge on any atom is 0.260 e. The van der Waals surface area contributed by atoms with Crippen LogP contribution in [0, 0.1) is 0 Å². The molecule has 0 unspecified atom stereocenters. The van der Waals surface area contributed by atoms with E-state index in [1.54, 1.807) is 12.1 Å². The van der Waals surface area contributed by atoms with Gasteiger partial charge in [-0.2, -0.15) is 0 Å². The highest BCUT2D eigenvalue weighted by atomic mass is 35.5. The predicted octanol–water partition coefficient (Wildman–Crippen LogP) is 2.65. The third-order valence-electron chi connectivity index (χ3n) is 4.75. The maximum absolute atomic E-state index is 12.3. The molecule has 0 atom stereocenters. The maximum atomic E-state index is 12.3. The molecule has 1 saturated heterocycles. The Kier molecular flexibility index (Phi) is 5.61. The van der Waals surface area contributed by atoms with E-state index in [1.807, 2.05) is 17.0 Å². The monoisotopic (exact) mass is 417 g/mol. The third-order valence-corrected chi connectivity index (χ3v) is 5.89. The minimum Gasteiger partial charge on any atom is -0.474 e. The molecule has 3 heterocycles. The van der Waals surface area contributed by atoms with E-state index in [0.29, 0.717) is 28.3 Å². The number of nitrogens with two attached hydrogens (primary N) is 1. The summed E-state index contributed by atoms with van der Waals surface area (Å²) in [5, 5.41) is 1.53. The van der Waals surface area contributed by atoms with Gasteiger partial charge >= 0.3 is 0 Å². The minimum atomic E-state index is 0.00190. The highest BCUT2D eigenvalue weighted by Crippen LogP contribution is 2.28. The molecule has 3 aromatic rings. The molecule has 28 heavy (non-hydrogen) atoms. The molecular weight excluding hydrogens is 398 g/mol. The van der Waals surface area contributed by atoms with Gasteiger partial charge in [-0.1, -0.05) is 29.0 Å². The van der Waals surface area contributed by atoms with Crippen LogP contribution in [0.4, 0.5) is 5.82 Å². The Morgan fingerprint density at radius 1 is 1.18 bits per heavy atom. The molecule has 1 aromatic carbocycles. The smallest absolute Gasteiger partial charge is 0.260 e. The molecule has 4 rings (SSSR count). The molecule has 0 aliphatic carbocycles. The second-order valence-electron chi connectivity index (χ2n) is 6.61. The number of hydrogen-bond acceptors (Lipinski definition) is 7. The number of rotatable bonds is 5. The zero-order chi connectivity index (χ0) is 19.5. The van der Waals surface area contributed by atoms with Crippen molar-refractivity contribution < 1.29 is 9.53 Å². The standard InChI is InChI=1S/C19H20ClN5O2S/c20-16-3-4-18(28-16)27-11-17(26)25-7-5-24(6-8-25)10-13-1-2-14-15(9-13)22-12-23-19(14)21/h1-4,9,12H,5-8,10-11H2,(H2,21,22,23). The molecule has 9 heteroatoms. The Balaban J connectivity index is 1.28. The molecule has 0 bridgehead atoms. The van der Waals surface area contributed by atoms with Crippen LogP contribution in [0.1, 0.15) is 5.56 Å². The van der Waals surface area contributed by atoms with Crippen LogP contribution in [0.25, 0.3) is 10.9 Å². The molecule has 7 nitrogen and oxygen atoms in total. The highest BCUT2D eigenvalue weighted by Gasteiger charge is 2.21. The number of nitrogens with zero attached hydrogens (tertiary/aromatic N) is 4. The summed E-state index contributed by atoms with van der Waals surface area (Å²) >= 11 is 7.20. The number of thiophene rings is 1. The van der Waals surface area contributed by atoms with E-state index in [4.69, 9.17) is 22.1 Å². The van der Waals surface area contributed by atoms with Gasteiger partial charge in [0, 0.05) is 38.1 Å². The van der Waals surface area contributed by atoms with Crippen LogP contribution in [0.15, 0.2) is 36.7 Å². The van der Waals surface area contributed by atoms with Gasteiger partial charge < -0.3 is 15.4 Å². The van der Waals surface area contributed by atoms with E-state index < -0.39 is 0 Å². The summed E-state index contributed by atoms with van der Waals surface area (Å²) in [6.45, 7) is 3.88. The molecule has 1 amide bonds. The summed E-state index contributed by atoms with van der Waals surface area (Å²) in [6, 6.07) is 9.61. The summed E-state index contributed by atoms with van der Waals surface area (Å²) in [4.78, 5) is 24.8. The number of amides is 1. The van der Waals surface area contributed by atoms with Crippen molar-refractivity contribution in [2.75, 3.05) is 38.5 Å². The second-order valence-corrected chi connectivity index (χ2v) is 8.29. The van der Waals surface area contributed by atoms with Crippen molar-refractivity contribution in [1.82, 2.24) is 19.8 Å². The van der Waals surface area contributed by atoms with Gasteiger partial charge in [0.25, 0.3) is 5.91 Å². The van der Waals surface area contributed by atoms with Crippen LogP contribution in [-0.4, -0.2) is 58.5 Å². The number of carbonyl (C=O) groups excluding carboxylic acids is 1. The van der Waals surface area contributed by atoms with Crippen molar-refractivity contribution in [3.63, 3.8) is 0 Å². The molecule has 1 aliphatic rings. The van der Waals surface area contributed by atoms with Gasteiger partial charge in [0.15, 0.2) is 11.7 Å². The molecule has 0 saturated carbocycles. The lowest BCUT2D eigenvalue weighted by molar-refractivity contribution is -0.135. The molecule has 1 fully saturated rings. The van der Waals surface area contributed by atoms with Gasteiger partial charge in [-0.3, -0.25) is 9.69 Å². The van der Waals surface area contributed by atoms with Gasteiger partial charge in [0.05, 0.1) is 9.85 Å². The SMILES string of the molecule is Nc1ncnc2cc(CN3CCN(C(=O)COc4ccc(Cl)s4)CC3)ccc12. The molecule has 146 valence electrons. The van der Waals surface area contributed by atoms with Crippen LogP contribution in [0.2, 0.25) is 4.34 Å². The Labute approximate surface area is 171 Å². The quantitative estimate of drug-likeness (QED) is 0.687. The van der Waals surface area contributed by atoms with Crippen molar-refractivity contribution >= 4 is 45.6 Å². The Hall–Kier alpha value is -2.42. The van der Waals surface area contributed by atoms with E-state index >= 15 is 0 Å². The number of ether oxygens (including phenoxy) is 1. The van der Waals surface area contributed by atoms with E-state index in [9.17, 15) is 4.79 Å². The number of fused-ring (bicyclic) bond motifs is 1. The number of carbonyl (C=O) groups is 1. The summed E-state index contributed by atoms with van der Waals surface area (Å²) in [5.74, 6) is 0.498. The normalized spacial score (nSPS) is 15.1. The summed E-state index contributed by atoms with van der Waals surface area (Å²) < 4.78 is 6.17. The molecule has 0 radical (unpaired) electrons. The van der Waals surface area contributed by atoms with E-state index in [2.05, 4.69) is 20.9 Å². The number of anilines is 1. The number of aromatic nitrogens is 2. The first-order chi connectivity index (χ1) is 13.6. The van der Waals surface area contributed by atoms with Crippen LogP contribution < -0.4 is 10.5 Å². The average Bonchev–Trinajstić information content (AvgIpc) is 3.12. The topological polar surface area (TPSA) is 84.6 Å². The fourth-order valence-electron chi connectivity index (χ4n) is 3.23. The number of benzene rings is 1. The van der Waals surface area contributed by atoms with Crippen molar-refractivity contribution in [1.29, 1.82) is 0 Å². The summed E-state index contributed by atoms with van der Waals surface area (Å²) in [7, 11) is 0. The van der Waals surface area contributed by atoms with Crippen molar-refractivity contribution in [2.24, 2.45) is 0 Å². The summed E-state index contributed by atoms with van der Waals surface area (Å²) in [6.07, 6.45) is 1.48. The largest absolute Gasteiger partial charge is 0.474 e. The molecule has 1 aliphatic heterocycles. The van der Waals surface area contributed by atoms with Gasteiger partial charge in [-0.25, -0.2) is 9.97 Å². The van der Waals surface area contributed by atoms with E-state index in [1.165, 1.54) is 23.2 Å². The Morgan fingerprint density at radius 2 is 2.00 bits per heavy atom. The predicted molar refractivity (Wildman–Crippen MR) is 111 cm³/mol. The third kappa shape index (κ3) is 4.35. The molecule has 0 spiro atoms. The lowest BCUT2D eigenvalue weighted by Gasteiger charge is -2.34. The minimum absolute atomic E-state index is 0.00190. The van der Waals surface area contributed by atoms with E-state index in [0.717, 1.165) is 30.5 Å². The second kappa shape index (κ2) is 8.30. The van der Waals surface area contributed by atoms with Crippen molar-refractivity contribution in [3.8, 4) is 5.06 Å².